The molecule has 7 aliphatic rings. The number of esters is 1. The molecule has 7 atom stereocenters. The van der Waals surface area contributed by atoms with Crippen molar-refractivity contribution in [3.05, 3.63) is 62.7 Å². The lowest BCUT2D eigenvalue weighted by Gasteiger charge is -2.62. The van der Waals surface area contributed by atoms with Gasteiger partial charge in [-0.05, 0) is 74.5 Å². The number of phenolic OH excluding ortho intramolecular Hbond substituents is 2. The molecule has 0 radical (unpaired) electrons. The monoisotopic (exact) mass is 770 g/mol. The van der Waals surface area contributed by atoms with E-state index in [1.807, 2.05) is 20.9 Å². The van der Waals surface area contributed by atoms with E-state index in [-0.39, 0.29) is 48.5 Å². The number of aryl methyl sites for hydroxylation is 1. The number of hydrogen-bond acceptors (Lipinski definition) is 14. The third kappa shape index (κ3) is 4.98. The summed E-state index contributed by atoms with van der Waals surface area (Å²) in [5, 5.41) is 37.2. The van der Waals surface area contributed by atoms with Crippen LogP contribution in [-0.2, 0) is 27.9 Å². The molecule has 1 spiro atoms. The number of piperazine rings is 1. The fourth-order valence-corrected chi connectivity index (χ4v) is 12.0. The van der Waals surface area contributed by atoms with Crippen molar-refractivity contribution in [1.29, 1.82) is 5.26 Å². The van der Waals surface area contributed by atoms with Crippen LogP contribution in [0.25, 0.3) is 0 Å². The molecule has 14 heteroatoms. The predicted molar refractivity (Wildman–Crippen MR) is 202 cm³/mol. The Morgan fingerprint density at radius 1 is 1.05 bits per heavy atom. The molecule has 2 fully saturated rings. The number of hydrogen-bond donors (Lipinski definition) is 3. The molecule has 0 aromatic heterocycles. The molecule has 13 nitrogen and oxygen atoms in total. The van der Waals surface area contributed by atoms with Gasteiger partial charge in [0.2, 0.25) is 6.79 Å². The molecule has 0 amide bonds. The zero-order valence-corrected chi connectivity index (χ0v) is 32.7. The second-order valence-electron chi connectivity index (χ2n) is 15.3. The number of thioether (sulfide) groups is 1. The topological polar surface area (TPSA) is 155 Å². The molecule has 290 valence electrons. The summed E-state index contributed by atoms with van der Waals surface area (Å²) in [6.45, 7) is 6.88. The van der Waals surface area contributed by atoms with Crippen molar-refractivity contribution in [3.8, 4) is 46.3 Å². The Hall–Kier alpha value is -4.55. The Kier molecular flexibility index (Phi) is 8.73. The van der Waals surface area contributed by atoms with E-state index in [1.54, 1.807) is 31.0 Å². The molecular formula is C41H46N4O9S. The number of carbonyl (C=O) groups excluding carboxylic acids is 1. The van der Waals surface area contributed by atoms with Gasteiger partial charge in [-0.15, -0.1) is 11.8 Å². The van der Waals surface area contributed by atoms with Crippen molar-refractivity contribution in [2.45, 2.75) is 81.0 Å². The Bertz CT molecular complexity index is 2160. The van der Waals surface area contributed by atoms with Crippen LogP contribution >= 0.6 is 11.8 Å². The number of nitrogens with zero attached hydrogens (tertiary/aromatic N) is 3. The third-order valence-electron chi connectivity index (χ3n) is 12.6. The standard InChI is InChI=1S/C41H46N4O9S/c1-7-10-51-36-20(3)37-38(54-18-53-37)30-26-16-52-40(48)41(23-14-28(49-5)27(46)13-21(23)8-9-43-41)17-55-39(31(30)36)33-32-29-22(11-19(2)35(50-6)34(29)47)12-24(44(32)4)25(15-42)45(26)33/h11,13-14,24-26,32-33,39,43,46-47H,7-10,12,16-18H2,1-6H3/t24-,25+,26-,32-,33?,39-,41-/m1/s1. The minimum atomic E-state index is -1.29. The first-order chi connectivity index (χ1) is 26.6. The Balaban J connectivity index is 1.33. The fourth-order valence-electron chi connectivity index (χ4n) is 10.3. The fraction of sp³-hybridized carbons (Fsp3) is 0.512. The highest BCUT2D eigenvalue weighted by Crippen LogP contribution is 2.64. The highest BCUT2D eigenvalue weighted by atomic mass is 32.2. The van der Waals surface area contributed by atoms with Gasteiger partial charge in [0.1, 0.15) is 18.4 Å². The van der Waals surface area contributed by atoms with Crippen molar-refractivity contribution in [3.63, 3.8) is 0 Å². The summed E-state index contributed by atoms with van der Waals surface area (Å²) in [5.41, 5.74) is 5.39. The lowest BCUT2D eigenvalue weighted by atomic mass is 9.71. The van der Waals surface area contributed by atoms with E-state index in [0.717, 1.165) is 45.4 Å². The van der Waals surface area contributed by atoms with Crippen LogP contribution in [0.1, 0.15) is 75.2 Å². The molecule has 7 heterocycles. The number of nitrogens with one attached hydrogen (secondary N) is 1. The molecule has 10 rings (SSSR count). The van der Waals surface area contributed by atoms with Gasteiger partial charge in [-0.3, -0.25) is 15.1 Å². The second-order valence-corrected chi connectivity index (χ2v) is 16.5. The van der Waals surface area contributed by atoms with Crippen LogP contribution in [-0.4, -0.2) is 97.7 Å². The zero-order chi connectivity index (χ0) is 38.5. The van der Waals surface area contributed by atoms with Gasteiger partial charge in [-0.1, -0.05) is 13.0 Å². The smallest absolute Gasteiger partial charge is 0.331 e. The third-order valence-corrected chi connectivity index (χ3v) is 14.1. The number of benzene rings is 3. The summed E-state index contributed by atoms with van der Waals surface area (Å²) >= 11 is 1.60. The summed E-state index contributed by atoms with van der Waals surface area (Å²) < 4.78 is 37.0. The maximum absolute atomic E-state index is 14.8. The van der Waals surface area contributed by atoms with Crippen molar-refractivity contribution in [1.82, 2.24) is 15.1 Å². The average Bonchev–Trinajstić information content (AvgIpc) is 3.67. The van der Waals surface area contributed by atoms with Crippen molar-refractivity contribution in [2.24, 2.45) is 0 Å². The predicted octanol–water partition coefficient (Wildman–Crippen LogP) is 4.85. The summed E-state index contributed by atoms with van der Waals surface area (Å²) in [5.74, 6) is 2.47. The van der Waals surface area contributed by atoms with Gasteiger partial charge in [-0.25, -0.2) is 4.79 Å². The first kappa shape index (κ1) is 36.1. The van der Waals surface area contributed by atoms with Gasteiger partial charge in [0.15, 0.2) is 40.0 Å². The summed E-state index contributed by atoms with van der Waals surface area (Å²) in [7, 11) is 5.11. The number of aromatic hydroxyl groups is 2. The molecule has 0 aliphatic carbocycles. The molecule has 7 aliphatic heterocycles. The SMILES string of the molecule is CCCOc1c(C)c2c(c3c1[C@H]1SC[C@]4(NCCc5cc(O)c(OC)cc54)C(=O)OC[C@H]3N3C1[C@H]1c4c(cc(C)c(OC)c4O)C[C@H]([C@@H]3C#N)N1C)OCO2. The highest BCUT2D eigenvalue weighted by molar-refractivity contribution is 7.99. The van der Waals surface area contributed by atoms with Gasteiger partial charge in [-0.2, -0.15) is 5.26 Å². The van der Waals surface area contributed by atoms with Gasteiger partial charge in [0.05, 0.1) is 44.2 Å². The molecule has 3 aromatic rings. The number of phenols is 2. The number of nitriles is 1. The molecule has 3 N–H and O–H groups in total. The summed E-state index contributed by atoms with van der Waals surface area (Å²) in [4.78, 5) is 19.3. The molecule has 0 saturated carbocycles. The number of rotatable bonds is 5. The van der Waals surface area contributed by atoms with Crippen LogP contribution in [0.4, 0.5) is 0 Å². The van der Waals surface area contributed by atoms with Gasteiger partial charge < -0.3 is 38.6 Å². The van der Waals surface area contributed by atoms with Crippen molar-refractivity contribution < 1.29 is 43.4 Å². The molecule has 4 bridgehead atoms. The largest absolute Gasteiger partial charge is 0.504 e. The number of carbonyl (C=O) groups is 1. The van der Waals surface area contributed by atoms with Crippen LogP contribution in [0, 0.1) is 25.2 Å². The van der Waals surface area contributed by atoms with E-state index < -0.39 is 34.9 Å². The maximum Gasteiger partial charge on any atom is 0.331 e. The van der Waals surface area contributed by atoms with Crippen LogP contribution in [0.5, 0.6) is 40.2 Å². The van der Waals surface area contributed by atoms with Gasteiger partial charge in [0, 0.05) is 46.6 Å². The first-order valence-electron chi connectivity index (χ1n) is 18.9. The summed E-state index contributed by atoms with van der Waals surface area (Å²) in [6, 6.07) is 5.93. The van der Waals surface area contributed by atoms with E-state index in [9.17, 15) is 20.3 Å². The van der Waals surface area contributed by atoms with E-state index in [1.165, 1.54) is 7.11 Å². The van der Waals surface area contributed by atoms with E-state index in [2.05, 4.69) is 34.2 Å². The summed E-state index contributed by atoms with van der Waals surface area (Å²) in [6.07, 6.45) is 1.92. The van der Waals surface area contributed by atoms with Crippen LogP contribution in [0.15, 0.2) is 18.2 Å². The highest BCUT2D eigenvalue weighted by Gasteiger charge is 2.61. The Morgan fingerprint density at radius 2 is 1.85 bits per heavy atom. The number of ether oxygens (including phenoxy) is 6. The van der Waals surface area contributed by atoms with Gasteiger partial charge in [0.25, 0.3) is 0 Å². The lowest BCUT2D eigenvalue weighted by Crippen LogP contribution is -2.69. The molecular weight excluding hydrogens is 725 g/mol. The van der Waals surface area contributed by atoms with Gasteiger partial charge >= 0.3 is 5.97 Å². The Labute approximate surface area is 324 Å². The minimum absolute atomic E-state index is 0.0101. The molecule has 2 saturated heterocycles. The lowest BCUT2D eigenvalue weighted by molar-refractivity contribution is -0.157. The van der Waals surface area contributed by atoms with E-state index in [0.29, 0.717) is 54.6 Å². The molecule has 1 unspecified atom stereocenters. The quantitative estimate of drug-likeness (QED) is 0.303. The van der Waals surface area contributed by atoms with Crippen molar-refractivity contribution in [2.75, 3.05) is 53.6 Å². The number of methoxy groups -OCH3 is 2. The number of likely N-dealkylation sites (N-methyl/N-ethyl adjacent to an activating group) is 1. The van der Waals surface area contributed by atoms with E-state index in [4.69, 9.17) is 28.4 Å². The van der Waals surface area contributed by atoms with Crippen molar-refractivity contribution >= 4 is 17.7 Å². The van der Waals surface area contributed by atoms with Crippen LogP contribution in [0.2, 0.25) is 0 Å². The minimum Gasteiger partial charge on any atom is -0.504 e. The maximum atomic E-state index is 14.8. The van der Waals surface area contributed by atoms with Crippen LogP contribution < -0.4 is 29.0 Å². The first-order valence-corrected chi connectivity index (χ1v) is 20.0. The molecule has 55 heavy (non-hydrogen) atoms. The Morgan fingerprint density at radius 3 is 2.60 bits per heavy atom. The zero-order valence-electron chi connectivity index (χ0n) is 31.9. The molecule has 3 aromatic carbocycles. The second kappa shape index (κ2) is 13.3. The normalized spacial score (nSPS) is 29.0. The van der Waals surface area contributed by atoms with Crippen LogP contribution in [0.3, 0.4) is 0 Å². The number of fused-ring (bicyclic) bond motifs is 9. The van der Waals surface area contributed by atoms with E-state index >= 15 is 0 Å². The average molecular weight is 771 g/mol.